The molecular formula is C18H29ClN2O. The zero-order valence-electron chi connectivity index (χ0n) is 13.8. The summed E-state index contributed by atoms with van der Waals surface area (Å²) in [6.45, 7) is 5.05. The van der Waals surface area contributed by atoms with Crippen LogP contribution in [0, 0.1) is 5.92 Å². The second-order valence-corrected chi connectivity index (χ2v) is 6.08. The summed E-state index contributed by atoms with van der Waals surface area (Å²) in [5, 5.41) is 3.25. The van der Waals surface area contributed by atoms with E-state index in [4.69, 9.17) is 0 Å². The molecule has 1 unspecified atom stereocenters. The standard InChI is InChI=1S/C18H28N2O.ClH/c1-3-7-17(16-8-5-4-6-9-16)18(21)20-12-10-15(11-13-20)14-19-2;/h4-6,8-9,15,17,19H,3,7,10-14H2,1-2H3;1H. The van der Waals surface area contributed by atoms with Crippen LogP contribution in [-0.2, 0) is 4.79 Å². The van der Waals surface area contributed by atoms with Gasteiger partial charge in [0.1, 0.15) is 0 Å². The molecule has 0 aliphatic carbocycles. The van der Waals surface area contributed by atoms with E-state index in [1.54, 1.807) is 0 Å². The van der Waals surface area contributed by atoms with Crippen molar-refractivity contribution in [1.82, 2.24) is 10.2 Å². The Morgan fingerprint density at radius 1 is 1.27 bits per heavy atom. The van der Waals surface area contributed by atoms with Crippen molar-refractivity contribution in [1.29, 1.82) is 0 Å². The summed E-state index contributed by atoms with van der Waals surface area (Å²) < 4.78 is 0. The van der Waals surface area contributed by atoms with Gasteiger partial charge in [-0.2, -0.15) is 0 Å². The van der Waals surface area contributed by atoms with E-state index in [1.807, 2.05) is 25.2 Å². The molecule has 1 heterocycles. The van der Waals surface area contributed by atoms with E-state index in [9.17, 15) is 4.79 Å². The molecule has 1 amide bonds. The van der Waals surface area contributed by atoms with Crippen molar-refractivity contribution in [2.75, 3.05) is 26.7 Å². The highest BCUT2D eigenvalue weighted by Gasteiger charge is 2.28. The van der Waals surface area contributed by atoms with Crippen molar-refractivity contribution in [3.8, 4) is 0 Å². The summed E-state index contributed by atoms with van der Waals surface area (Å²) in [5.41, 5.74) is 1.17. The number of nitrogens with zero attached hydrogens (tertiary/aromatic N) is 1. The maximum absolute atomic E-state index is 12.9. The van der Waals surface area contributed by atoms with Gasteiger partial charge in [0.15, 0.2) is 0 Å². The summed E-state index contributed by atoms with van der Waals surface area (Å²) in [6.07, 6.45) is 4.24. The Labute approximate surface area is 140 Å². The second kappa shape index (κ2) is 9.86. The Hall–Kier alpha value is -1.06. The molecule has 1 saturated heterocycles. The zero-order valence-corrected chi connectivity index (χ0v) is 14.6. The largest absolute Gasteiger partial charge is 0.342 e. The number of halogens is 1. The van der Waals surface area contributed by atoms with Crippen molar-refractivity contribution < 1.29 is 4.79 Å². The number of carbonyl (C=O) groups is 1. The van der Waals surface area contributed by atoms with Gasteiger partial charge in [0, 0.05) is 13.1 Å². The van der Waals surface area contributed by atoms with Gasteiger partial charge >= 0.3 is 0 Å². The Kier molecular flexibility index (Phi) is 8.51. The van der Waals surface area contributed by atoms with Crippen LogP contribution in [0.15, 0.2) is 30.3 Å². The fourth-order valence-electron chi connectivity index (χ4n) is 3.27. The number of hydrogen-bond acceptors (Lipinski definition) is 2. The van der Waals surface area contributed by atoms with E-state index >= 15 is 0 Å². The van der Waals surface area contributed by atoms with Crippen LogP contribution in [0.5, 0.6) is 0 Å². The molecule has 1 atom stereocenters. The van der Waals surface area contributed by atoms with Gasteiger partial charge in [0.05, 0.1) is 5.92 Å². The third-order valence-corrected chi connectivity index (χ3v) is 4.50. The molecule has 1 N–H and O–H groups in total. The monoisotopic (exact) mass is 324 g/mol. The van der Waals surface area contributed by atoms with Crippen LogP contribution in [0.4, 0.5) is 0 Å². The SMILES string of the molecule is CCCC(C(=O)N1CCC(CNC)CC1)c1ccccc1.Cl. The molecule has 1 fully saturated rings. The number of rotatable bonds is 6. The van der Waals surface area contributed by atoms with Gasteiger partial charge in [0.2, 0.25) is 5.91 Å². The topological polar surface area (TPSA) is 32.3 Å². The van der Waals surface area contributed by atoms with Crippen LogP contribution < -0.4 is 5.32 Å². The average Bonchev–Trinajstić information content (AvgIpc) is 2.54. The molecule has 0 aromatic heterocycles. The fourth-order valence-corrected chi connectivity index (χ4v) is 3.27. The molecule has 124 valence electrons. The molecule has 0 bridgehead atoms. The minimum absolute atomic E-state index is 0. The van der Waals surface area contributed by atoms with Gasteiger partial charge in [-0.1, -0.05) is 43.7 Å². The van der Waals surface area contributed by atoms with E-state index in [-0.39, 0.29) is 18.3 Å². The highest BCUT2D eigenvalue weighted by atomic mass is 35.5. The summed E-state index contributed by atoms with van der Waals surface area (Å²) in [7, 11) is 2.00. The molecule has 4 heteroatoms. The number of carbonyl (C=O) groups excluding carboxylic acids is 1. The van der Waals surface area contributed by atoms with Crippen LogP contribution in [0.25, 0.3) is 0 Å². The number of piperidine rings is 1. The molecule has 0 saturated carbocycles. The fraction of sp³-hybridized carbons (Fsp3) is 0.611. The van der Waals surface area contributed by atoms with Gasteiger partial charge < -0.3 is 10.2 Å². The predicted molar refractivity (Wildman–Crippen MR) is 94.6 cm³/mol. The Morgan fingerprint density at radius 2 is 1.91 bits per heavy atom. The lowest BCUT2D eigenvalue weighted by molar-refractivity contribution is -0.134. The first kappa shape index (κ1) is 19.0. The smallest absolute Gasteiger partial charge is 0.230 e. The maximum atomic E-state index is 12.9. The van der Waals surface area contributed by atoms with Crippen molar-refractivity contribution in [2.24, 2.45) is 5.92 Å². The van der Waals surface area contributed by atoms with Gasteiger partial charge in [-0.05, 0) is 44.3 Å². The number of amides is 1. The van der Waals surface area contributed by atoms with Crippen LogP contribution in [0.3, 0.4) is 0 Å². The summed E-state index contributed by atoms with van der Waals surface area (Å²) in [5.74, 6) is 1.09. The Morgan fingerprint density at radius 3 is 2.45 bits per heavy atom. The van der Waals surface area contributed by atoms with Crippen molar-refractivity contribution in [2.45, 2.75) is 38.5 Å². The first-order valence-electron chi connectivity index (χ1n) is 8.24. The zero-order chi connectivity index (χ0) is 15.1. The third-order valence-electron chi connectivity index (χ3n) is 4.50. The highest BCUT2D eigenvalue weighted by Crippen LogP contribution is 2.26. The first-order valence-corrected chi connectivity index (χ1v) is 8.24. The lowest BCUT2D eigenvalue weighted by Crippen LogP contribution is -2.42. The van der Waals surface area contributed by atoms with Crippen molar-refractivity contribution >= 4 is 18.3 Å². The molecule has 3 nitrogen and oxygen atoms in total. The number of nitrogens with one attached hydrogen (secondary N) is 1. The Balaban J connectivity index is 0.00000242. The Bertz CT molecular complexity index is 430. The normalized spacial score (nSPS) is 16.9. The van der Waals surface area contributed by atoms with Crippen molar-refractivity contribution in [3.63, 3.8) is 0 Å². The number of likely N-dealkylation sites (tertiary alicyclic amines) is 1. The summed E-state index contributed by atoms with van der Waals surface area (Å²) in [4.78, 5) is 14.9. The van der Waals surface area contributed by atoms with Gasteiger partial charge in [0.25, 0.3) is 0 Å². The van der Waals surface area contributed by atoms with Crippen LogP contribution in [-0.4, -0.2) is 37.5 Å². The first-order chi connectivity index (χ1) is 10.3. The quantitative estimate of drug-likeness (QED) is 0.869. The van der Waals surface area contributed by atoms with E-state index in [0.29, 0.717) is 5.91 Å². The molecule has 1 aromatic rings. The molecule has 1 aliphatic rings. The number of benzene rings is 1. The molecular weight excluding hydrogens is 296 g/mol. The van der Waals surface area contributed by atoms with Crippen LogP contribution in [0.2, 0.25) is 0 Å². The molecule has 1 aromatic carbocycles. The van der Waals surface area contributed by atoms with Crippen LogP contribution in [0.1, 0.15) is 44.1 Å². The molecule has 0 radical (unpaired) electrons. The van der Waals surface area contributed by atoms with E-state index in [0.717, 1.165) is 51.2 Å². The third kappa shape index (κ3) is 4.99. The van der Waals surface area contributed by atoms with Crippen LogP contribution >= 0.6 is 12.4 Å². The summed E-state index contributed by atoms with van der Waals surface area (Å²) >= 11 is 0. The van der Waals surface area contributed by atoms with E-state index in [1.165, 1.54) is 5.56 Å². The second-order valence-electron chi connectivity index (χ2n) is 6.08. The molecule has 0 spiro atoms. The van der Waals surface area contributed by atoms with Crippen molar-refractivity contribution in [3.05, 3.63) is 35.9 Å². The minimum atomic E-state index is 0. The van der Waals surface area contributed by atoms with Gasteiger partial charge in [-0.15, -0.1) is 12.4 Å². The molecule has 2 rings (SSSR count). The lowest BCUT2D eigenvalue weighted by Gasteiger charge is -2.34. The summed E-state index contributed by atoms with van der Waals surface area (Å²) in [6, 6.07) is 10.3. The predicted octanol–water partition coefficient (Wildman–Crippen LogP) is 3.45. The average molecular weight is 325 g/mol. The highest BCUT2D eigenvalue weighted by molar-refractivity contribution is 5.85. The molecule has 1 aliphatic heterocycles. The van der Waals surface area contributed by atoms with E-state index < -0.39 is 0 Å². The number of hydrogen-bond donors (Lipinski definition) is 1. The van der Waals surface area contributed by atoms with Gasteiger partial charge in [-0.3, -0.25) is 4.79 Å². The van der Waals surface area contributed by atoms with E-state index in [2.05, 4.69) is 29.3 Å². The lowest BCUT2D eigenvalue weighted by atomic mass is 9.90. The maximum Gasteiger partial charge on any atom is 0.230 e. The minimum Gasteiger partial charge on any atom is -0.342 e. The van der Waals surface area contributed by atoms with Gasteiger partial charge in [-0.25, -0.2) is 0 Å². The molecule has 22 heavy (non-hydrogen) atoms.